The van der Waals surface area contributed by atoms with Gasteiger partial charge in [0.1, 0.15) is 11.6 Å². The lowest BCUT2D eigenvalue weighted by atomic mass is 10.1. The first kappa shape index (κ1) is 22.2. The number of hydrogen-bond acceptors (Lipinski definition) is 8. The van der Waals surface area contributed by atoms with Crippen LogP contribution in [0.3, 0.4) is 0 Å². The van der Waals surface area contributed by atoms with Crippen molar-refractivity contribution in [3.05, 3.63) is 65.3 Å². The lowest BCUT2D eigenvalue weighted by Gasteiger charge is -2.15. The number of fused-ring (bicyclic) bond motifs is 1. The Kier molecular flexibility index (Phi) is 6.50. The molecule has 0 aliphatic carbocycles. The highest BCUT2D eigenvalue weighted by Gasteiger charge is 2.14. The summed E-state index contributed by atoms with van der Waals surface area (Å²) in [5.41, 5.74) is 7.64. The van der Waals surface area contributed by atoms with E-state index in [1.54, 1.807) is 24.1 Å². The fourth-order valence-corrected chi connectivity index (χ4v) is 3.58. The van der Waals surface area contributed by atoms with Crippen LogP contribution in [0.4, 0.5) is 17.5 Å². The van der Waals surface area contributed by atoms with Gasteiger partial charge in [0.15, 0.2) is 0 Å². The molecule has 4 rings (SSSR count). The summed E-state index contributed by atoms with van der Waals surface area (Å²) in [5, 5.41) is 4.60. The Bertz CT molecular complexity index is 1320. The van der Waals surface area contributed by atoms with Crippen LogP contribution >= 0.6 is 0 Å². The summed E-state index contributed by atoms with van der Waals surface area (Å²) >= 11 is 0. The molecule has 1 aromatic carbocycles. The number of nitrogens with one attached hydrogen (secondary N) is 1. The molecule has 0 aliphatic rings. The Labute approximate surface area is 191 Å². The Morgan fingerprint density at radius 3 is 2.67 bits per heavy atom. The van der Waals surface area contributed by atoms with Gasteiger partial charge < -0.3 is 25.3 Å². The van der Waals surface area contributed by atoms with E-state index in [0.717, 1.165) is 24.0 Å². The predicted molar refractivity (Wildman–Crippen MR) is 131 cm³/mol. The molecular weight excluding hydrogens is 418 g/mol. The first-order valence-electron chi connectivity index (χ1n) is 10.6. The van der Waals surface area contributed by atoms with Crippen molar-refractivity contribution in [1.29, 1.82) is 0 Å². The molecule has 9 nitrogen and oxygen atoms in total. The maximum atomic E-state index is 13.4. The van der Waals surface area contributed by atoms with Gasteiger partial charge in [-0.25, -0.2) is 15.0 Å². The summed E-state index contributed by atoms with van der Waals surface area (Å²) in [5.74, 6) is 1.35. The number of nitrogens with zero attached hydrogens (tertiary/aromatic N) is 5. The summed E-state index contributed by atoms with van der Waals surface area (Å²) in [6.45, 7) is 1.52. The largest absolute Gasteiger partial charge is 0.497 e. The minimum absolute atomic E-state index is 0.0933. The molecule has 0 saturated carbocycles. The Hall–Kier alpha value is -3.98. The van der Waals surface area contributed by atoms with Crippen LogP contribution in [-0.4, -0.2) is 52.2 Å². The second-order valence-corrected chi connectivity index (χ2v) is 7.98. The second kappa shape index (κ2) is 9.66. The average Bonchev–Trinajstić information content (AvgIpc) is 2.80. The molecule has 3 N–H and O–H groups in total. The third-order valence-corrected chi connectivity index (χ3v) is 5.26. The molecule has 9 heteroatoms. The SMILES string of the molecule is COc1cccc(Nc2nc(-c3cnc(N)nc3)cc3ccn(CCCN(C)C)c(=O)c23)c1. The van der Waals surface area contributed by atoms with E-state index < -0.39 is 0 Å². The number of anilines is 3. The normalized spacial score (nSPS) is 11.2. The lowest BCUT2D eigenvalue weighted by Crippen LogP contribution is -2.23. The highest BCUT2D eigenvalue weighted by Crippen LogP contribution is 2.28. The van der Waals surface area contributed by atoms with Gasteiger partial charge in [0.25, 0.3) is 5.56 Å². The molecule has 0 amide bonds. The fourth-order valence-electron chi connectivity index (χ4n) is 3.58. The fraction of sp³-hybridized carbons (Fsp3) is 0.250. The van der Waals surface area contributed by atoms with Gasteiger partial charge in [0.2, 0.25) is 5.95 Å². The van der Waals surface area contributed by atoms with Crippen molar-refractivity contribution < 1.29 is 4.74 Å². The molecule has 0 atom stereocenters. The molecule has 0 radical (unpaired) electrons. The zero-order valence-electron chi connectivity index (χ0n) is 18.9. The van der Waals surface area contributed by atoms with Crippen LogP contribution in [0.15, 0.2) is 59.8 Å². The Balaban J connectivity index is 1.83. The van der Waals surface area contributed by atoms with E-state index in [4.69, 9.17) is 15.5 Å². The minimum atomic E-state index is -0.0933. The van der Waals surface area contributed by atoms with Gasteiger partial charge in [-0.2, -0.15) is 0 Å². The van der Waals surface area contributed by atoms with E-state index >= 15 is 0 Å². The van der Waals surface area contributed by atoms with E-state index in [-0.39, 0.29) is 11.5 Å². The van der Waals surface area contributed by atoms with Crippen molar-refractivity contribution in [3.8, 4) is 17.0 Å². The van der Waals surface area contributed by atoms with E-state index in [1.165, 1.54) is 0 Å². The van der Waals surface area contributed by atoms with Gasteiger partial charge in [-0.1, -0.05) is 6.07 Å². The van der Waals surface area contributed by atoms with Crippen LogP contribution in [0, 0.1) is 0 Å². The van der Waals surface area contributed by atoms with Crippen LogP contribution in [0.1, 0.15) is 6.42 Å². The van der Waals surface area contributed by atoms with Gasteiger partial charge in [0, 0.05) is 42.5 Å². The number of nitrogens with two attached hydrogens (primary N) is 1. The number of methoxy groups -OCH3 is 1. The Morgan fingerprint density at radius 1 is 1.15 bits per heavy atom. The Morgan fingerprint density at radius 2 is 1.94 bits per heavy atom. The van der Waals surface area contributed by atoms with Gasteiger partial charge in [0.05, 0.1) is 18.2 Å². The number of aromatic nitrogens is 4. The molecule has 0 bridgehead atoms. The molecule has 170 valence electrons. The molecule has 3 aromatic heterocycles. The predicted octanol–water partition coefficient (Wildman–Crippen LogP) is 3.14. The quantitative estimate of drug-likeness (QED) is 0.426. The summed E-state index contributed by atoms with van der Waals surface area (Å²) in [4.78, 5) is 28.4. The van der Waals surface area contributed by atoms with Crippen LogP contribution in [0.5, 0.6) is 5.75 Å². The van der Waals surface area contributed by atoms with Crippen molar-refractivity contribution in [2.24, 2.45) is 0 Å². The van der Waals surface area contributed by atoms with Gasteiger partial charge >= 0.3 is 0 Å². The highest BCUT2D eigenvalue weighted by molar-refractivity contribution is 5.95. The third kappa shape index (κ3) is 5.09. The van der Waals surface area contributed by atoms with E-state index in [0.29, 0.717) is 34.8 Å². The number of hydrogen-bond donors (Lipinski definition) is 2. The maximum Gasteiger partial charge on any atom is 0.262 e. The van der Waals surface area contributed by atoms with Crippen LogP contribution in [-0.2, 0) is 6.54 Å². The summed E-state index contributed by atoms with van der Waals surface area (Å²) in [7, 11) is 5.65. The average molecular weight is 446 g/mol. The number of benzene rings is 1. The number of ether oxygens (including phenoxy) is 1. The number of nitrogen functional groups attached to an aromatic ring is 1. The molecule has 0 fully saturated rings. The molecule has 33 heavy (non-hydrogen) atoms. The first-order valence-corrected chi connectivity index (χ1v) is 10.6. The molecular formula is C24H27N7O2. The molecule has 4 aromatic rings. The molecule has 0 spiro atoms. The van der Waals surface area contributed by atoms with Crippen molar-refractivity contribution in [1.82, 2.24) is 24.4 Å². The number of rotatable bonds is 8. The van der Waals surface area contributed by atoms with Crippen molar-refractivity contribution in [2.75, 3.05) is 38.8 Å². The third-order valence-electron chi connectivity index (χ3n) is 5.26. The number of aryl methyl sites for hydroxylation is 1. The standard InChI is InChI=1S/C24H27N7O2/c1-30(2)9-5-10-31-11-8-16-12-20(17-14-26-24(25)27-15-17)29-22(21(16)23(31)32)28-18-6-4-7-19(13-18)33-3/h4,6-8,11-15H,5,9-10H2,1-3H3,(H,28,29)(H2,25,26,27). The first-order chi connectivity index (χ1) is 15.9. The van der Waals surface area contributed by atoms with Crippen molar-refractivity contribution >= 4 is 28.2 Å². The van der Waals surface area contributed by atoms with E-state index in [1.807, 2.05) is 56.7 Å². The van der Waals surface area contributed by atoms with Gasteiger partial charge in [-0.05, 0) is 56.7 Å². The zero-order chi connectivity index (χ0) is 23.4. The smallest absolute Gasteiger partial charge is 0.262 e. The second-order valence-electron chi connectivity index (χ2n) is 7.98. The van der Waals surface area contributed by atoms with Crippen molar-refractivity contribution in [2.45, 2.75) is 13.0 Å². The monoisotopic (exact) mass is 445 g/mol. The van der Waals surface area contributed by atoms with E-state index in [2.05, 4.69) is 20.2 Å². The van der Waals surface area contributed by atoms with Gasteiger partial charge in [-0.3, -0.25) is 4.79 Å². The topological polar surface area (TPSA) is 111 Å². The molecule has 0 unspecified atom stereocenters. The minimum Gasteiger partial charge on any atom is -0.497 e. The van der Waals surface area contributed by atoms with Crippen LogP contribution < -0.4 is 21.3 Å². The zero-order valence-corrected chi connectivity index (χ0v) is 18.9. The lowest BCUT2D eigenvalue weighted by molar-refractivity contribution is 0.385. The number of pyridine rings is 2. The summed E-state index contributed by atoms with van der Waals surface area (Å²) in [6.07, 6.45) is 5.94. The van der Waals surface area contributed by atoms with Gasteiger partial charge in [-0.15, -0.1) is 0 Å². The molecule has 3 heterocycles. The van der Waals surface area contributed by atoms with E-state index in [9.17, 15) is 4.79 Å². The van der Waals surface area contributed by atoms with Crippen LogP contribution in [0.2, 0.25) is 0 Å². The van der Waals surface area contributed by atoms with Crippen molar-refractivity contribution in [3.63, 3.8) is 0 Å². The maximum absolute atomic E-state index is 13.4. The molecule has 0 aliphatic heterocycles. The summed E-state index contributed by atoms with van der Waals surface area (Å²) < 4.78 is 7.06. The summed E-state index contributed by atoms with van der Waals surface area (Å²) in [6, 6.07) is 11.3. The van der Waals surface area contributed by atoms with Crippen LogP contribution in [0.25, 0.3) is 22.0 Å². The highest BCUT2D eigenvalue weighted by atomic mass is 16.5. The molecule has 0 saturated heterocycles.